The highest BCUT2D eigenvalue weighted by molar-refractivity contribution is 5.82. The van der Waals surface area contributed by atoms with E-state index in [0.717, 1.165) is 44.9 Å². The number of rotatable bonds is 4. The van der Waals surface area contributed by atoms with Crippen molar-refractivity contribution in [2.75, 3.05) is 19.6 Å². The van der Waals surface area contributed by atoms with Crippen LogP contribution in [0.2, 0.25) is 0 Å². The van der Waals surface area contributed by atoms with Crippen molar-refractivity contribution in [2.45, 2.75) is 64.0 Å². The Bertz CT molecular complexity index is 399. The summed E-state index contributed by atoms with van der Waals surface area (Å²) in [5.41, 5.74) is 0. The molecule has 0 bridgehead atoms. The number of aliphatic imine (C=N–C) groups is 1. The maximum Gasteiger partial charge on any atom is 0.225 e. The van der Waals surface area contributed by atoms with Crippen LogP contribution in [0.3, 0.4) is 0 Å². The number of likely N-dealkylation sites (tertiary alicyclic amines) is 1. The molecule has 118 valence electrons. The number of hydrogen-bond donors (Lipinski definition) is 2. The second-order valence-corrected chi connectivity index (χ2v) is 6.64. The Morgan fingerprint density at radius 3 is 2.48 bits per heavy atom. The summed E-state index contributed by atoms with van der Waals surface area (Å²) in [6.45, 7) is 4.58. The van der Waals surface area contributed by atoms with Gasteiger partial charge < -0.3 is 15.5 Å². The predicted octanol–water partition coefficient (Wildman–Crippen LogP) is 1.49. The molecule has 1 heterocycles. The highest BCUT2D eigenvalue weighted by Gasteiger charge is 2.33. The van der Waals surface area contributed by atoms with Gasteiger partial charge in [0.1, 0.15) is 0 Å². The van der Waals surface area contributed by atoms with E-state index in [4.69, 9.17) is 0 Å². The van der Waals surface area contributed by atoms with E-state index >= 15 is 0 Å². The van der Waals surface area contributed by atoms with Crippen LogP contribution in [0, 0.1) is 5.92 Å². The van der Waals surface area contributed by atoms with Gasteiger partial charge in [0, 0.05) is 37.6 Å². The minimum atomic E-state index is 0.303. The maximum atomic E-state index is 12.4. The van der Waals surface area contributed by atoms with Crippen LogP contribution < -0.4 is 10.6 Å². The largest absolute Gasteiger partial charge is 0.354 e. The maximum absolute atomic E-state index is 12.4. The van der Waals surface area contributed by atoms with Crippen molar-refractivity contribution in [1.82, 2.24) is 15.5 Å². The fourth-order valence-electron chi connectivity index (χ4n) is 3.41. The van der Waals surface area contributed by atoms with Crippen LogP contribution >= 0.6 is 0 Å². The monoisotopic (exact) mass is 292 g/mol. The summed E-state index contributed by atoms with van der Waals surface area (Å²) < 4.78 is 0. The summed E-state index contributed by atoms with van der Waals surface area (Å²) in [6.07, 6.45) is 8.18. The summed E-state index contributed by atoms with van der Waals surface area (Å²) in [4.78, 5) is 19.0. The average Bonchev–Trinajstić information content (AvgIpc) is 2.96. The van der Waals surface area contributed by atoms with E-state index in [1.807, 2.05) is 0 Å². The Balaban J connectivity index is 1.48. The molecular weight excluding hydrogens is 264 g/mol. The lowest BCUT2D eigenvalue weighted by Gasteiger charge is -2.21. The fourth-order valence-corrected chi connectivity index (χ4v) is 3.41. The van der Waals surface area contributed by atoms with E-state index < -0.39 is 0 Å². The molecule has 21 heavy (non-hydrogen) atoms. The molecular formula is C16H28N4O. The van der Waals surface area contributed by atoms with Crippen molar-refractivity contribution in [3.05, 3.63) is 0 Å². The van der Waals surface area contributed by atoms with E-state index in [2.05, 4.69) is 27.4 Å². The van der Waals surface area contributed by atoms with Crippen LogP contribution in [0.5, 0.6) is 0 Å². The quantitative estimate of drug-likeness (QED) is 0.610. The second-order valence-electron chi connectivity index (χ2n) is 6.64. The third-order valence-electron chi connectivity index (χ3n) is 4.78. The second kappa shape index (κ2) is 6.67. The molecule has 5 nitrogen and oxygen atoms in total. The van der Waals surface area contributed by atoms with Gasteiger partial charge in [0.2, 0.25) is 5.91 Å². The van der Waals surface area contributed by atoms with E-state index in [-0.39, 0.29) is 0 Å². The summed E-state index contributed by atoms with van der Waals surface area (Å²) in [5, 5.41) is 6.96. The first-order valence-corrected chi connectivity index (χ1v) is 8.62. The van der Waals surface area contributed by atoms with Gasteiger partial charge >= 0.3 is 0 Å². The smallest absolute Gasteiger partial charge is 0.225 e. The minimum absolute atomic E-state index is 0.303. The molecule has 1 aliphatic heterocycles. The Labute approximate surface area is 127 Å². The Morgan fingerprint density at radius 1 is 1.10 bits per heavy atom. The minimum Gasteiger partial charge on any atom is -0.354 e. The van der Waals surface area contributed by atoms with Crippen molar-refractivity contribution in [3.63, 3.8) is 0 Å². The number of nitrogens with zero attached hydrogens (tertiary/aromatic N) is 2. The third-order valence-corrected chi connectivity index (χ3v) is 4.78. The summed E-state index contributed by atoms with van der Waals surface area (Å²) in [6, 6.07) is 0.965. The van der Waals surface area contributed by atoms with Crippen LogP contribution in [0.1, 0.15) is 51.9 Å². The molecule has 1 saturated heterocycles. The van der Waals surface area contributed by atoms with Gasteiger partial charge in [-0.3, -0.25) is 9.79 Å². The lowest BCUT2D eigenvalue weighted by Crippen LogP contribution is -2.46. The standard InChI is InChI=1S/C16H28N4O/c1-2-17-16(18-13-7-8-13)19-14-9-10-20(11-14)15(21)12-5-3-4-6-12/h12-14H,2-11H2,1H3,(H2,17,18,19). The van der Waals surface area contributed by atoms with Crippen LogP contribution in [0.4, 0.5) is 0 Å². The highest BCUT2D eigenvalue weighted by atomic mass is 16.2. The van der Waals surface area contributed by atoms with Gasteiger partial charge in [-0.15, -0.1) is 0 Å². The molecule has 2 N–H and O–H groups in total. The van der Waals surface area contributed by atoms with Gasteiger partial charge in [0.15, 0.2) is 5.96 Å². The molecule has 1 atom stereocenters. The van der Waals surface area contributed by atoms with Gasteiger partial charge in [0.25, 0.3) is 0 Å². The van der Waals surface area contributed by atoms with Crippen molar-refractivity contribution >= 4 is 11.9 Å². The molecule has 3 rings (SSSR count). The normalized spacial score (nSPS) is 27.2. The topological polar surface area (TPSA) is 56.7 Å². The SMILES string of the molecule is CCN=C(NC1CC1)NC1CCN(C(=O)C2CCCC2)C1. The number of carbonyl (C=O) groups is 1. The van der Waals surface area contributed by atoms with Gasteiger partial charge in [0.05, 0.1) is 0 Å². The van der Waals surface area contributed by atoms with Gasteiger partial charge in [-0.1, -0.05) is 12.8 Å². The van der Waals surface area contributed by atoms with E-state index in [9.17, 15) is 4.79 Å². The molecule has 0 radical (unpaired) electrons. The lowest BCUT2D eigenvalue weighted by molar-refractivity contribution is -0.134. The summed E-state index contributed by atoms with van der Waals surface area (Å²) >= 11 is 0. The number of hydrogen-bond acceptors (Lipinski definition) is 2. The van der Waals surface area contributed by atoms with Gasteiger partial charge in [-0.05, 0) is 39.0 Å². The zero-order valence-corrected chi connectivity index (χ0v) is 13.1. The number of carbonyl (C=O) groups excluding carboxylic acids is 1. The van der Waals surface area contributed by atoms with Crippen molar-refractivity contribution in [2.24, 2.45) is 10.9 Å². The molecule has 2 aliphatic carbocycles. The lowest BCUT2D eigenvalue weighted by atomic mass is 10.1. The molecule has 2 saturated carbocycles. The fraction of sp³-hybridized carbons (Fsp3) is 0.875. The summed E-state index contributed by atoms with van der Waals surface area (Å²) in [7, 11) is 0. The van der Waals surface area contributed by atoms with Gasteiger partial charge in [-0.2, -0.15) is 0 Å². The average molecular weight is 292 g/mol. The summed E-state index contributed by atoms with van der Waals surface area (Å²) in [5.74, 6) is 1.62. The zero-order valence-electron chi connectivity index (χ0n) is 13.1. The number of guanidine groups is 1. The Kier molecular flexibility index (Phi) is 4.66. The molecule has 0 aromatic carbocycles. The molecule has 1 amide bonds. The molecule has 0 aromatic heterocycles. The van der Waals surface area contributed by atoms with E-state index in [1.54, 1.807) is 0 Å². The Morgan fingerprint density at radius 2 is 1.81 bits per heavy atom. The van der Waals surface area contributed by atoms with Crippen molar-refractivity contribution in [1.29, 1.82) is 0 Å². The third kappa shape index (κ3) is 3.89. The first kappa shape index (κ1) is 14.7. The van der Waals surface area contributed by atoms with E-state index in [0.29, 0.717) is 23.9 Å². The van der Waals surface area contributed by atoms with Crippen molar-refractivity contribution < 1.29 is 4.79 Å². The first-order chi connectivity index (χ1) is 10.3. The molecule has 0 aromatic rings. The molecule has 1 unspecified atom stereocenters. The van der Waals surface area contributed by atoms with Crippen molar-refractivity contribution in [3.8, 4) is 0 Å². The number of nitrogens with one attached hydrogen (secondary N) is 2. The molecule has 5 heteroatoms. The molecule has 3 aliphatic rings. The van der Waals surface area contributed by atoms with Gasteiger partial charge in [-0.25, -0.2) is 0 Å². The highest BCUT2D eigenvalue weighted by Crippen LogP contribution is 2.27. The predicted molar refractivity (Wildman–Crippen MR) is 84.2 cm³/mol. The van der Waals surface area contributed by atoms with E-state index in [1.165, 1.54) is 25.7 Å². The van der Waals surface area contributed by atoms with Crippen LogP contribution in [0.25, 0.3) is 0 Å². The zero-order chi connectivity index (χ0) is 14.7. The van der Waals surface area contributed by atoms with Crippen LogP contribution in [-0.4, -0.2) is 48.5 Å². The van der Waals surface area contributed by atoms with Crippen LogP contribution in [-0.2, 0) is 4.79 Å². The Hall–Kier alpha value is -1.26. The number of amides is 1. The molecule has 0 spiro atoms. The van der Waals surface area contributed by atoms with Crippen LogP contribution in [0.15, 0.2) is 4.99 Å². The molecule has 3 fully saturated rings. The first-order valence-electron chi connectivity index (χ1n) is 8.62.